The molecule has 2 heteroatoms. The molecule has 0 saturated carbocycles. The molecule has 0 saturated heterocycles. The highest BCUT2D eigenvalue weighted by Crippen LogP contribution is 2.12. The first kappa shape index (κ1) is 8.31. The molecule has 0 heterocycles. The lowest BCUT2D eigenvalue weighted by Gasteiger charge is -2.18. The summed E-state index contributed by atoms with van der Waals surface area (Å²) >= 11 is 3.99. The zero-order chi connectivity index (χ0) is 6.62. The topological polar surface area (TPSA) is 20.2 Å². The van der Waals surface area contributed by atoms with Gasteiger partial charge < -0.3 is 5.11 Å². The van der Waals surface area contributed by atoms with Crippen LogP contribution in [0.15, 0.2) is 0 Å². The zero-order valence-electron chi connectivity index (χ0n) is 5.52. The van der Waals surface area contributed by atoms with E-state index in [1.54, 1.807) is 0 Å². The van der Waals surface area contributed by atoms with Crippen LogP contribution in [0.4, 0.5) is 0 Å². The number of thiol groups is 1. The highest BCUT2D eigenvalue weighted by Gasteiger charge is 2.15. The fourth-order valence-electron chi connectivity index (χ4n) is 0.618. The lowest BCUT2D eigenvalue weighted by atomic mass is 10.0. The Labute approximate surface area is 56.5 Å². The average molecular weight is 134 g/mol. The van der Waals surface area contributed by atoms with Crippen LogP contribution in [0.25, 0.3) is 0 Å². The summed E-state index contributed by atoms with van der Waals surface area (Å²) in [5, 5.41) is 9.25. The highest BCUT2D eigenvalue weighted by atomic mass is 32.1. The van der Waals surface area contributed by atoms with Crippen LogP contribution in [0.3, 0.4) is 0 Å². The second-order valence-electron chi connectivity index (χ2n) is 2.41. The molecule has 0 aliphatic rings. The van der Waals surface area contributed by atoms with Gasteiger partial charge in [0.1, 0.15) is 0 Å². The summed E-state index contributed by atoms with van der Waals surface area (Å²) in [5.74, 6) is 0.556. The second kappa shape index (κ2) is 3.36. The van der Waals surface area contributed by atoms with Crippen LogP contribution in [-0.2, 0) is 0 Å². The first-order valence-electron chi connectivity index (χ1n) is 2.95. The average Bonchev–Trinajstić information content (AvgIpc) is 1.67. The van der Waals surface area contributed by atoms with E-state index in [1.165, 1.54) is 0 Å². The molecule has 0 rings (SSSR count). The van der Waals surface area contributed by atoms with Gasteiger partial charge in [0.25, 0.3) is 0 Å². The van der Waals surface area contributed by atoms with E-state index in [0.717, 1.165) is 12.8 Å². The van der Waals surface area contributed by atoms with Gasteiger partial charge in [-0.3, -0.25) is 0 Å². The van der Waals surface area contributed by atoms with Crippen molar-refractivity contribution >= 4 is 12.6 Å². The van der Waals surface area contributed by atoms with E-state index in [1.807, 2.05) is 6.92 Å². The Balaban J connectivity index is 3.37. The standard InChI is InChI=1S/C6H14OS/c1-3-4-6(2,7)5-8/h7-8H,3-5H2,1-2H3. The van der Waals surface area contributed by atoms with Crippen molar-refractivity contribution in [3.63, 3.8) is 0 Å². The van der Waals surface area contributed by atoms with Crippen molar-refractivity contribution in [3.05, 3.63) is 0 Å². The van der Waals surface area contributed by atoms with E-state index < -0.39 is 5.60 Å². The van der Waals surface area contributed by atoms with Gasteiger partial charge in [0, 0.05) is 5.75 Å². The maximum atomic E-state index is 9.25. The maximum Gasteiger partial charge on any atom is 0.0707 e. The Kier molecular flexibility index (Phi) is 3.49. The fourth-order valence-corrected chi connectivity index (χ4v) is 0.776. The van der Waals surface area contributed by atoms with Crippen LogP contribution in [-0.4, -0.2) is 16.5 Å². The molecule has 0 aliphatic heterocycles. The van der Waals surface area contributed by atoms with Crippen LogP contribution in [0, 0.1) is 0 Å². The second-order valence-corrected chi connectivity index (χ2v) is 2.72. The van der Waals surface area contributed by atoms with Gasteiger partial charge >= 0.3 is 0 Å². The van der Waals surface area contributed by atoms with Crippen molar-refractivity contribution in [1.82, 2.24) is 0 Å². The van der Waals surface area contributed by atoms with Crippen LogP contribution in [0.5, 0.6) is 0 Å². The molecule has 1 N–H and O–H groups in total. The molecular formula is C6H14OS. The molecule has 0 aliphatic carbocycles. The molecule has 0 spiro atoms. The van der Waals surface area contributed by atoms with E-state index in [9.17, 15) is 5.11 Å². The molecule has 1 unspecified atom stereocenters. The van der Waals surface area contributed by atoms with Crippen molar-refractivity contribution in [2.45, 2.75) is 32.3 Å². The summed E-state index contributed by atoms with van der Waals surface area (Å²) in [6, 6.07) is 0. The molecule has 50 valence electrons. The van der Waals surface area contributed by atoms with Gasteiger partial charge in [-0.2, -0.15) is 12.6 Å². The van der Waals surface area contributed by atoms with Crippen molar-refractivity contribution in [3.8, 4) is 0 Å². The Hall–Kier alpha value is 0.310. The Bertz CT molecular complexity index is 61.5. The number of hydrogen-bond donors (Lipinski definition) is 2. The lowest BCUT2D eigenvalue weighted by molar-refractivity contribution is 0.0757. The van der Waals surface area contributed by atoms with Gasteiger partial charge in [0.05, 0.1) is 5.60 Å². The minimum absolute atomic E-state index is 0.544. The van der Waals surface area contributed by atoms with Crippen LogP contribution in [0.2, 0.25) is 0 Å². The first-order valence-corrected chi connectivity index (χ1v) is 3.59. The predicted molar refractivity (Wildman–Crippen MR) is 39.4 cm³/mol. The molecule has 1 atom stereocenters. The molecule has 0 radical (unpaired) electrons. The van der Waals surface area contributed by atoms with Gasteiger partial charge in [-0.05, 0) is 13.3 Å². The summed E-state index contributed by atoms with van der Waals surface area (Å²) in [7, 11) is 0. The third-order valence-corrected chi connectivity index (χ3v) is 1.81. The number of rotatable bonds is 3. The summed E-state index contributed by atoms with van der Waals surface area (Å²) in [5.41, 5.74) is -0.544. The van der Waals surface area contributed by atoms with Gasteiger partial charge in [0.15, 0.2) is 0 Å². The molecule has 0 bridgehead atoms. The summed E-state index contributed by atoms with van der Waals surface area (Å²) in [4.78, 5) is 0. The quantitative estimate of drug-likeness (QED) is 0.560. The number of aliphatic hydroxyl groups is 1. The van der Waals surface area contributed by atoms with Crippen molar-refractivity contribution in [2.24, 2.45) is 0 Å². The third kappa shape index (κ3) is 3.33. The van der Waals surface area contributed by atoms with Crippen LogP contribution < -0.4 is 0 Å². The van der Waals surface area contributed by atoms with E-state index in [4.69, 9.17) is 0 Å². The Morgan fingerprint density at radius 3 is 2.25 bits per heavy atom. The fraction of sp³-hybridized carbons (Fsp3) is 1.00. The van der Waals surface area contributed by atoms with Crippen molar-refractivity contribution in [1.29, 1.82) is 0 Å². The SMILES string of the molecule is CCCC(C)(O)CS. The van der Waals surface area contributed by atoms with Gasteiger partial charge in [0.2, 0.25) is 0 Å². The Morgan fingerprint density at radius 1 is 1.62 bits per heavy atom. The monoisotopic (exact) mass is 134 g/mol. The van der Waals surface area contributed by atoms with Crippen molar-refractivity contribution in [2.75, 3.05) is 5.75 Å². The third-order valence-electron chi connectivity index (χ3n) is 1.13. The summed E-state index contributed by atoms with van der Waals surface area (Å²) in [6.45, 7) is 3.86. The molecule has 1 nitrogen and oxygen atoms in total. The molecule has 0 amide bonds. The van der Waals surface area contributed by atoms with Crippen molar-refractivity contribution < 1.29 is 5.11 Å². The van der Waals surface area contributed by atoms with E-state index in [2.05, 4.69) is 19.6 Å². The minimum Gasteiger partial charge on any atom is -0.389 e. The summed E-state index contributed by atoms with van der Waals surface area (Å²) < 4.78 is 0. The molecule has 0 aromatic carbocycles. The normalized spacial score (nSPS) is 18.0. The van der Waals surface area contributed by atoms with Crippen LogP contribution in [0.1, 0.15) is 26.7 Å². The molecule has 0 aromatic heterocycles. The first-order chi connectivity index (χ1) is 3.62. The molecular weight excluding hydrogens is 120 g/mol. The summed E-state index contributed by atoms with van der Waals surface area (Å²) in [6.07, 6.45) is 1.87. The van der Waals surface area contributed by atoms with Gasteiger partial charge in [-0.1, -0.05) is 13.3 Å². The van der Waals surface area contributed by atoms with Gasteiger partial charge in [-0.25, -0.2) is 0 Å². The molecule has 0 aromatic rings. The smallest absolute Gasteiger partial charge is 0.0707 e. The van der Waals surface area contributed by atoms with E-state index in [-0.39, 0.29) is 0 Å². The van der Waals surface area contributed by atoms with E-state index >= 15 is 0 Å². The largest absolute Gasteiger partial charge is 0.389 e. The minimum atomic E-state index is -0.544. The number of hydrogen-bond acceptors (Lipinski definition) is 2. The molecule has 0 fully saturated rings. The molecule has 8 heavy (non-hydrogen) atoms. The lowest BCUT2D eigenvalue weighted by Crippen LogP contribution is -2.25. The van der Waals surface area contributed by atoms with E-state index in [0.29, 0.717) is 5.75 Å². The zero-order valence-corrected chi connectivity index (χ0v) is 6.41. The van der Waals surface area contributed by atoms with Gasteiger partial charge in [-0.15, -0.1) is 0 Å². The highest BCUT2D eigenvalue weighted by molar-refractivity contribution is 7.80. The predicted octanol–water partition coefficient (Wildman–Crippen LogP) is 1.47. The van der Waals surface area contributed by atoms with Crippen LogP contribution >= 0.6 is 12.6 Å². The Morgan fingerprint density at radius 2 is 2.12 bits per heavy atom. The maximum absolute atomic E-state index is 9.25.